The molecule has 2 aromatic carbocycles. The van der Waals surface area contributed by atoms with E-state index in [2.05, 4.69) is 13.8 Å². The number of rotatable bonds is 17. The molecule has 2 rings (SSSR count). The number of esters is 2. The van der Waals surface area contributed by atoms with Gasteiger partial charge in [0, 0.05) is 18.7 Å². The molecule has 36 heavy (non-hydrogen) atoms. The summed E-state index contributed by atoms with van der Waals surface area (Å²) in [5, 5.41) is 1.35. The van der Waals surface area contributed by atoms with Crippen molar-refractivity contribution >= 4 is 34.3 Å². The number of hydrogen-bond acceptors (Lipinski definition) is 6. The van der Waals surface area contributed by atoms with Gasteiger partial charge in [0.15, 0.2) is 11.5 Å². The molecule has 6 nitrogen and oxygen atoms in total. The summed E-state index contributed by atoms with van der Waals surface area (Å²) in [4.78, 5) is 24.8. The first-order valence-electron chi connectivity index (χ1n) is 13.4. The van der Waals surface area contributed by atoms with Crippen LogP contribution in [0.3, 0.4) is 0 Å². The molecule has 0 amide bonds. The van der Waals surface area contributed by atoms with E-state index in [0.717, 1.165) is 64.2 Å². The van der Waals surface area contributed by atoms with E-state index in [1.807, 2.05) is 6.92 Å². The molecule has 0 radical (unpaired) electrons. The fourth-order valence-corrected chi connectivity index (χ4v) is 4.14. The van der Waals surface area contributed by atoms with Gasteiger partial charge in [-0.25, -0.2) is 0 Å². The highest BCUT2D eigenvalue weighted by Crippen LogP contribution is 2.53. The lowest BCUT2D eigenvalue weighted by molar-refractivity contribution is -0.135. The second kappa shape index (κ2) is 16.3. The van der Waals surface area contributed by atoms with E-state index >= 15 is 0 Å². The van der Waals surface area contributed by atoms with Crippen LogP contribution < -0.4 is 18.9 Å². The Morgan fingerprint density at radius 3 is 1.86 bits per heavy atom. The quantitative estimate of drug-likeness (QED) is 0.118. The van der Waals surface area contributed by atoms with Gasteiger partial charge < -0.3 is 18.9 Å². The molecular formula is C29H41ClO6. The standard InChI is InChI=1S/C29H41ClO6/c1-5-8-11-13-19-33-28-26(36-24(32)18-10-7-3)22-16-15-17-23(30)25(22)27(35-21(4)31)29(28)34-20-14-12-9-6-2/h15-17H,5-14,18-20H2,1-4H3. The second-order valence-electron chi connectivity index (χ2n) is 8.97. The molecule has 2 aromatic rings. The normalized spacial score (nSPS) is 10.9. The predicted molar refractivity (Wildman–Crippen MR) is 145 cm³/mol. The molecule has 0 atom stereocenters. The highest BCUT2D eigenvalue weighted by molar-refractivity contribution is 6.36. The number of carbonyl (C=O) groups is 2. The van der Waals surface area contributed by atoms with Crippen LogP contribution in [0.5, 0.6) is 23.0 Å². The van der Waals surface area contributed by atoms with E-state index in [9.17, 15) is 9.59 Å². The first-order valence-corrected chi connectivity index (χ1v) is 13.7. The Morgan fingerprint density at radius 2 is 1.31 bits per heavy atom. The summed E-state index contributed by atoms with van der Waals surface area (Å²) >= 11 is 6.60. The Balaban J connectivity index is 2.63. The van der Waals surface area contributed by atoms with Crippen LogP contribution in [0.2, 0.25) is 5.02 Å². The molecule has 0 aliphatic heterocycles. The minimum absolute atomic E-state index is 0.190. The van der Waals surface area contributed by atoms with Crippen molar-refractivity contribution in [3.8, 4) is 23.0 Å². The van der Waals surface area contributed by atoms with Crippen molar-refractivity contribution in [2.24, 2.45) is 0 Å². The summed E-state index contributed by atoms with van der Waals surface area (Å²) in [7, 11) is 0. The third kappa shape index (κ3) is 8.88. The van der Waals surface area contributed by atoms with Gasteiger partial charge in [0.1, 0.15) is 0 Å². The lowest BCUT2D eigenvalue weighted by atomic mass is 10.1. The molecule has 0 spiro atoms. The van der Waals surface area contributed by atoms with Crippen LogP contribution in [0.1, 0.15) is 98.3 Å². The molecule has 0 bridgehead atoms. The third-order valence-electron chi connectivity index (χ3n) is 5.79. The first kappa shape index (κ1) is 29.8. The maximum Gasteiger partial charge on any atom is 0.311 e. The van der Waals surface area contributed by atoms with Crippen molar-refractivity contribution in [2.75, 3.05) is 13.2 Å². The van der Waals surface area contributed by atoms with Gasteiger partial charge in [-0.05, 0) is 25.3 Å². The van der Waals surface area contributed by atoms with Crippen LogP contribution in [-0.4, -0.2) is 25.2 Å². The summed E-state index contributed by atoms with van der Waals surface area (Å²) in [6, 6.07) is 5.25. The predicted octanol–water partition coefficient (Wildman–Crippen LogP) is 8.43. The molecule has 0 saturated heterocycles. The maximum atomic E-state index is 12.7. The average Bonchev–Trinajstić information content (AvgIpc) is 2.85. The van der Waals surface area contributed by atoms with Gasteiger partial charge in [-0.3, -0.25) is 9.59 Å². The molecule has 0 aromatic heterocycles. The van der Waals surface area contributed by atoms with Gasteiger partial charge in [-0.15, -0.1) is 0 Å². The highest BCUT2D eigenvalue weighted by atomic mass is 35.5. The van der Waals surface area contributed by atoms with Gasteiger partial charge in [0.05, 0.1) is 23.6 Å². The molecule has 0 aliphatic carbocycles. The van der Waals surface area contributed by atoms with Gasteiger partial charge in [-0.2, -0.15) is 0 Å². The van der Waals surface area contributed by atoms with E-state index in [-0.39, 0.29) is 35.4 Å². The zero-order valence-electron chi connectivity index (χ0n) is 22.3. The summed E-state index contributed by atoms with van der Waals surface area (Å²) in [6.07, 6.45) is 10.0. The number of unbranched alkanes of at least 4 members (excludes halogenated alkanes) is 7. The smallest absolute Gasteiger partial charge is 0.311 e. The van der Waals surface area contributed by atoms with Crippen LogP contribution >= 0.6 is 11.6 Å². The van der Waals surface area contributed by atoms with E-state index in [1.165, 1.54) is 6.92 Å². The van der Waals surface area contributed by atoms with E-state index < -0.39 is 5.97 Å². The van der Waals surface area contributed by atoms with Crippen molar-refractivity contribution in [2.45, 2.75) is 98.3 Å². The number of halogens is 1. The molecule has 0 N–H and O–H groups in total. The van der Waals surface area contributed by atoms with E-state index in [1.54, 1.807) is 18.2 Å². The van der Waals surface area contributed by atoms with E-state index in [0.29, 0.717) is 29.0 Å². The fraction of sp³-hybridized carbons (Fsp3) is 0.586. The molecule has 0 saturated carbocycles. The van der Waals surface area contributed by atoms with Crippen LogP contribution in [0.4, 0.5) is 0 Å². The van der Waals surface area contributed by atoms with Gasteiger partial charge in [-0.1, -0.05) is 89.5 Å². The molecule has 200 valence electrons. The summed E-state index contributed by atoms with van der Waals surface area (Å²) in [5.41, 5.74) is 0. The summed E-state index contributed by atoms with van der Waals surface area (Å²) in [5.74, 6) is 0.102. The minimum Gasteiger partial charge on any atom is -0.486 e. The minimum atomic E-state index is -0.506. The van der Waals surface area contributed by atoms with Crippen LogP contribution in [0, 0.1) is 0 Å². The Labute approximate surface area is 220 Å². The van der Waals surface area contributed by atoms with E-state index in [4.69, 9.17) is 30.5 Å². The van der Waals surface area contributed by atoms with Gasteiger partial charge >= 0.3 is 11.9 Å². The van der Waals surface area contributed by atoms with Crippen molar-refractivity contribution in [1.82, 2.24) is 0 Å². The first-order chi connectivity index (χ1) is 17.4. The SMILES string of the molecule is CCCCCCOc1c(OCCCCCC)c(OC(C)=O)c2c(Cl)cccc2c1OC(=O)CCCC. The summed E-state index contributed by atoms with van der Waals surface area (Å²) < 4.78 is 24.0. The number of hydrogen-bond donors (Lipinski definition) is 0. The summed E-state index contributed by atoms with van der Waals surface area (Å²) in [6.45, 7) is 8.46. The van der Waals surface area contributed by atoms with Crippen molar-refractivity contribution in [3.05, 3.63) is 23.2 Å². The second-order valence-corrected chi connectivity index (χ2v) is 9.38. The largest absolute Gasteiger partial charge is 0.486 e. The monoisotopic (exact) mass is 520 g/mol. The molecule has 0 aliphatic rings. The highest BCUT2D eigenvalue weighted by Gasteiger charge is 2.28. The zero-order chi connectivity index (χ0) is 26.3. The Bertz CT molecular complexity index is 988. The van der Waals surface area contributed by atoms with Gasteiger partial charge in [0.25, 0.3) is 0 Å². The Hall–Kier alpha value is -2.47. The fourth-order valence-electron chi connectivity index (χ4n) is 3.88. The molecular weight excluding hydrogens is 480 g/mol. The lowest BCUT2D eigenvalue weighted by Crippen LogP contribution is -2.13. The Morgan fingerprint density at radius 1 is 0.722 bits per heavy atom. The van der Waals surface area contributed by atoms with Crippen LogP contribution in [0.25, 0.3) is 10.8 Å². The van der Waals surface area contributed by atoms with Crippen molar-refractivity contribution in [1.29, 1.82) is 0 Å². The van der Waals surface area contributed by atoms with Gasteiger partial charge in [0.2, 0.25) is 11.5 Å². The lowest BCUT2D eigenvalue weighted by Gasteiger charge is -2.22. The third-order valence-corrected chi connectivity index (χ3v) is 6.10. The average molecular weight is 521 g/mol. The topological polar surface area (TPSA) is 71.1 Å². The van der Waals surface area contributed by atoms with Crippen molar-refractivity contribution < 1.29 is 28.5 Å². The zero-order valence-corrected chi connectivity index (χ0v) is 23.0. The Kier molecular flexibility index (Phi) is 13.5. The number of benzene rings is 2. The van der Waals surface area contributed by atoms with Crippen LogP contribution in [0.15, 0.2) is 18.2 Å². The van der Waals surface area contributed by atoms with Crippen molar-refractivity contribution in [3.63, 3.8) is 0 Å². The molecule has 0 heterocycles. The molecule has 0 fully saturated rings. The number of carbonyl (C=O) groups excluding carboxylic acids is 2. The number of fused-ring (bicyclic) bond motifs is 1. The number of ether oxygens (including phenoxy) is 4. The van der Waals surface area contributed by atoms with Crippen LogP contribution in [-0.2, 0) is 9.59 Å². The molecule has 0 unspecified atom stereocenters. The maximum absolute atomic E-state index is 12.7. The molecule has 7 heteroatoms.